The largest absolute Gasteiger partial charge is 3.00 e. The van der Waals surface area contributed by atoms with E-state index in [1.54, 1.807) is 13.8 Å². The minimum absolute atomic E-state index is 0. The van der Waals surface area contributed by atoms with Gasteiger partial charge >= 0.3 is 46.9 Å². The average molecular weight is 936 g/mol. The Balaban J connectivity index is 0.000000320. The van der Waals surface area contributed by atoms with Gasteiger partial charge in [0.25, 0.3) is 11.4 Å². The molecule has 4 N–H and O–H groups in total. The Morgan fingerprint density at radius 2 is 0.919 bits per heavy atom. The summed E-state index contributed by atoms with van der Waals surface area (Å²) in [4.78, 5) is 19.9. The van der Waals surface area contributed by atoms with Crippen LogP contribution in [-0.2, 0) is 37.4 Å². The molecule has 6 aromatic rings. The van der Waals surface area contributed by atoms with Gasteiger partial charge in [-0.3, -0.25) is 20.2 Å². The van der Waals surface area contributed by atoms with Crippen LogP contribution in [0, 0.1) is 47.9 Å². The van der Waals surface area contributed by atoms with Crippen molar-refractivity contribution in [2.75, 3.05) is 0 Å². The number of nitrogens with zero attached hydrogens (tertiary/aromatic N) is 10. The van der Waals surface area contributed by atoms with E-state index in [2.05, 4.69) is 30.7 Å². The van der Waals surface area contributed by atoms with E-state index < -0.39 is 64.5 Å². The molecule has 0 spiro atoms. The number of nitro groups is 2. The summed E-state index contributed by atoms with van der Waals surface area (Å²) in [7, 11) is -7.98. The molecule has 0 fully saturated rings. The average Bonchev–Trinajstić information content (AvgIpc) is 3.62. The van der Waals surface area contributed by atoms with Crippen LogP contribution in [0.4, 0.5) is 34.1 Å². The first-order valence-electron chi connectivity index (χ1n) is 16.5. The van der Waals surface area contributed by atoms with Gasteiger partial charge in [-0.05, 0) is 87.4 Å². The molecule has 0 saturated carbocycles. The predicted molar refractivity (Wildman–Crippen MR) is 201 cm³/mol. The van der Waals surface area contributed by atoms with Crippen molar-refractivity contribution < 1.29 is 94.0 Å². The van der Waals surface area contributed by atoms with Crippen molar-refractivity contribution in [3.05, 3.63) is 116 Å². The zero-order valence-electron chi connectivity index (χ0n) is 32.7. The van der Waals surface area contributed by atoms with Gasteiger partial charge in [0.1, 0.15) is 11.4 Å². The molecule has 6 rings (SSSR count). The fourth-order valence-corrected chi connectivity index (χ4v) is 6.37. The van der Waals surface area contributed by atoms with Gasteiger partial charge in [-0.25, -0.2) is 36.5 Å². The summed E-state index contributed by atoms with van der Waals surface area (Å²) in [6.07, 6.45) is 0. The van der Waals surface area contributed by atoms with Crippen LogP contribution in [-0.4, -0.2) is 46.2 Å². The Bertz CT molecular complexity index is 2810. The molecule has 1 radical (unpaired) electrons. The maximum Gasteiger partial charge on any atom is 3.00 e. The van der Waals surface area contributed by atoms with Crippen molar-refractivity contribution in [3.8, 4) is 34.6 Å². The Morgan fingerprint density at radius 3 is 1.23 bits per heavy atom. The molecule has 315 valence electrons. The zero-order chi connectivity index (χ0) is 44.4. The molecular formula is C34H28CrN12NaO12S2. The summed E-state index contributed by atoms with van der Waals surface area (Å²) >= 11 is 0. The predicted octanol–water partition coefficient (Wildman–Crippen LogP) is 0.216. The number of nitro benzene ring substituents is 2. The number of sulfonamides is 2. The second-order valence-electron chi connectivity index (χ2n) is 12.6. The SMILES string of the molecule is Cc1cc(N=Nc2c(C)nn(-c3cccc(S(N)(=O)=O)c3)c2[O-])c([O-])c([N+](=O)[O-])c1.Cc1cc(N=Nc2c(C)nn(-c3cccc(S(N)(=O)=O)c3)c2[O-])c([O-])c([N+](=O)[O-])c1.[Cr+3].[Na+]. The molecule has 0 amide bonds. The molecule has 62 heavy (non-hydrogen) atoms. The van der Waals surface area contributed by atoms with Crippen molar-refractivity contribution in [2.24, 2.45) is 30.7 Å². The molecule has 0 aliphatic heterocycles. The van der Waals surface area contributed by atoms with Crippen LogP contribution in [0.15, 0.2) is 103 Å². The van der Waals surface area contributed by atoms with Gasteiger partial charge in [-0.15, -0.1) is 10.2 Å². The van der Waals surface area contributed by atoms with Gasteiger partial charge in [0.2, 0.25) is 20.0 Å². The smallest absolute Gasteiger partial charge is 0.866 e. The third-order valence-electron chi connectivity index (χ3n) is 8.05. The van der Waals surface area contributed by atoms with Crippen LogP contribution < -0.4 is 60.3 Å². The van der Waals surface area contributed by atoms with E-state index in [4.69, 9.17) is 10.3 Å². The van der Waals surface area contributed by atoms with E-state index >= 15 is 0 Å². The molecule has 2 heterocycles. The molecule has 24 nitrogen and oxygen atoms in total. The van der Waals surface area contributed by atoms with E-state index in [0.717, 1.165) is 21.5 Å². The fraction of sp³-hybridized carbons (Fsp3) is 0.118. The van der Waals surface area contributed by atoms with Crippen molar-refractivity contribution in [1.82, 2.24) is 19.6 Å². The first kappa shape index (κ1) is 50.2. The Labute approximate surface area is 383 Å². The number of hydrogen-bond acceptors (Lipinski definition) is 18. The topological polar surface area (TPSA) is 384 Å². The van der Waals surface area contributed by atoms with E-state index in [-0.39, 0.29) is 102 Å². The molecule has 0 saturated heterocycles. The molecule has 0 atom stereocenters. The van der Waals surface area contributed by atoms with Crippen LogP contribution in [0.3, 0.4) is 0 Å². The van der Waals surface area contributed by atoms with E-state index in [9.17, 15) is 57.5 Å². The molecule has 0 unspecified atom stereocenters. The number of aryl methyl sites for hydroxylation is 4. The van der Waals surface area contributed by atoms with Gasteiger partial charge < -0.3 is 20.4 Å². The van der Waals surface area contributed by atoms with Crippen LogP contribution in [0.25, 0.3) is 11.4 Å². The molecule has 28 heteroatoms. The number of rotatable bonds is 10. The van der Waals surface area contributed by atoms with Crippen molar-refractivity contribution >= 4 is 54.2 Å². The molecule has 0 aliphatic carbocycles. The van der Waals surface area contributed by atoms with Gasteiger partial charge in [0.05, 0.1) is 53.8 Å². The summed E-state index contributed by atoms with van der Waals surface area (Å²) < 4.78 is 47.9. The van der Waals surface area contributed by atoms with Gasteiger partial charge in [0, 0.05) is 35.4 Å². The van der Waals surface area contributed by atoms with Crippen molar-refractivity contribution in [2.45, 2.75) is 37.5 Å². The Hall–Kier alpha value is -6.15. The summed E-state index contributed by atoms with van der Waals surface area (Å²) in [5, 5.41) is 105. The normalized spacial score (nSPS) is 11.5. The summed E-state index contributed by atoms with van der Waals surface area (Å²) in [5.41, 5.74) is -0.919. The standard InChI is InChI=1S/2C17H16N6O6S.Cr.Na/c2*1-9-6-13(16(24)14(7-9)23(26)27)19-20-15-10(2)21-22(17(15)25)11-4-3-5-12(8-11)30(18,28)29;;/h2*3-8,24-25H,1-2H3,(H2,18,28,29);;/q;;+3;+1/p-4. The third-order valence-corrected chi connectivity index (χ3v) is 9.88. The van der Waals surface area contributed by atoms with E-state index in [1.165, 1.54) is 74.5 Å². The van der Waals surface area contributed by atoms with Crippen molar-refractivity contribution in [3.63, 3.8) is 0 Å². The van der Waals surface area contributed by atoms with Gasteiger partial charge in [-0.1, -0.05) is 12.1 Å². The maximum atomic E-state index is 12.7. The zero-order valence-corrected chi connectivity index (χ0v) is 37.6. The number of azo groups is 2. The van der Waals surface area contributed by atoms with Crippen molar-refractivity contribution in [1.29, 1.82) is 0 Å². The maximum absolute atomic E-state index is 12.7. The summed E-state index contributed by atoms with van der Waals surface area (Å²) in [6.45, 7) is 6.03. The van der Waals surface area contributed by atoms with Gasteiger partial charge in [0.15, 0.2) is 0 Å². The van der Waals surface area contributed by atoms with Crippen LogP contribution in [0.5, 0.6) is 23.3 Å². The molecule has 4 aromatic carbocycles. The Morgan fingerprint density at radius 1 is 0.581 bits per heavy atom. The number of primary sulfonamides is 2. The number of hydrogen-bond donors (Lipinski definition) is 2. The van der Waals surface area contributed by atoms with Crippen LogP contribution in [0.1, 0.15) is 22.5 Å². The second-order valence-corrected chi connectivity index (χ2v) is 15.7. The Kier molecular flexibility index (Phi) is 16.0. The third kappa shape index (κ3) is 11.2. The molecule has 0 bridgehead atoms. The van der Waals surface area contributed by atoms with E-state index in [1.807, 2.05) is 0 Å². The molecule has 2 aromatic heterocycles. The minimum atomic E-state index is -3.99. The summed E-state index contributed by atoms with van der Waals surface area (Å²) in [5.74, 6) is -3.32. The first-order chi connectivity index (χ1) is 28.0. The molecular weight excluding hydrogens is 908 g/mol. The summed E-state index contributed by atoms with van der Waals surface area (Å²) in [6, 6.07) is 15.4. The number of aromatic nitrogens is 4. The van der Waals surface area contributed by atoms with Crippen LogP contribution in [0.2, 0.25) is 0 Å². The number of benzene rings is 4. The van der Waals surface area contributed by atoms with Crippen LogP contribution >= 0.6 is 0 Å². The quantitative estimate of drug-likeness (QED) is 0.0803. The molecule has 0 aliphatic rings. The minimum Gasteiger partial charge on any atom is -0.866 e. The number of nitrogens with two attached hydrogens (primary N) is 2. The monoisotopic (exact) mass is 935 g/mol. The fourth-order valence-electron chi connectivity index (χ4n) is 5.26. The first-order valence-corrected chi connectivity index (χ1v) is 19.6. The van der Waals surface area contributed by atoms with E-state index in [0.29, 0.717) is 11.1 Å². The second kappa shape index (κ2) is 19.7. The van der Waals surface area contributed by atoms with Gasteiger partial charge in [-0.2, -0.15) is 20.4 Å².